The minimum absolute atomic E-state index is 0. The van der Waals surface area contributed by atoms with E-state index in [9.17, 15) is 0 Å². The largest absolute Gasteiger partial charge is 0.488 e. The standard InChI is InChI=1S/C25H35N3O3.HI/c1-19-9-10-22(24(13-19)31-23-11-12-29-18-23)15-28-25(26-3)27-14-20(2)16-30-17-21-7-5-4-6-8-21;/h4-10,13,20,23H,11-12,14-18H2,1-3H3,(H2,26,27,28);1H. The van der Waals surface area contributed by atoms with Gasteiger partial charge < -0.3 is 24.8 Å². The monoisotopic (exact) mass is 553 g/mol. The molecule has 2 aromatic rings. The average molecular weight is 553 g/mol. The van der Waals surface area contributed by atoms with Crippen LogP contribution in [-0.2, 0) is 22.6 Å². The molecule has 0 radical (unpaired) electrons. The molecule has 176 valence electrons. The topological polar surface area (TPSA) is 64.1 Å². The Hall–Kier alpha value is -1.84. The van der Waals surface area contributed by atoms with Crippen LogP contribution in [0.4, 0.5) is 0 Å². The molecule has 0 amide bonds. The average Bonchev–Trinajstić information content (AvgIpc) is 3.29. The number of hydrogen-bond acceptors (Lipinski definition) is 4. The molecule has 0 bridgehead atoms. The molecule has 1 aliphatic heterocycles. The molecule has 0 spiro atoms. The highest BCUT2D eigenvalue weighted by atomic mass is 127. The summed E-state index contributed by atoms with van der Waals surface area (Å²) in [4.78, 5) is 4.35. The number of benzene rings is 2. The van der Waals surface area contributed by atoms with Crippen LogP contribution in [0.1, 0.15) is 30.0 Å². The highest BCUT2D eigenvalue weighted by Gasteiger charge is 2.18. The normalized spacial score (nSPS) is 16.8. The predicted molar refractivity (Wildman–Crippen MR) is 140 cm³/mol. The van der Waals surface area contributed by atoms with Crippen LogP contribution in [0.25, 0.3) is 0 Å². The molecule has 1 aliphatic rings. The zero-order chi connectivity index (χ0) is 21.9. The molecule has 1 saturated heterocycles. The van der Waals surface area contributed by atoms with Crippen LogP contribution in [0.15, 0.2) is 53.5 Å². The second kappa shape index (κ2) is 14.3. The summed E-state index contributed by atoms with van der Waals surface area (Å²) in [5, 5.41) is 6.78. The van der Waals surface area contributed by atoms with Gasteiger partial charge in [-0.05, 0) is 30.0 Å². The van der Waals surface area contributed by atoms with Crippen molar-refractivity contribution in [3.63, 3.8) is 0 Å². The number of nitrogens with one attached hydrogen (secondary N) is 2. The van der Waals surface area contributed by atoms with Crippen molar-refractivity contribution in [3.05, 3.63) is 65.2 Å². The van der Waals surface area contributed by atoms with Crippen molar-refractivity contribution < 1.29 is 14.2 Å². The van der Waals surface area contributed by atoms with Crippen molar-refractivity contribution in [2.24, 2.45) is 10.9 Å². The molecule has 2 atom stereocenters. The lowest BCUT2D eigenvalue weighted by atomic mass is 10.1. The molecule has 0 aliphatic carbocycles. The third-order valence-electron chi connectivity index (χ3n) is 5.21. The molecule has 2 aromatic carbocycles. The van der Waals surface area contributed by atoms with Crippen molar-refractivity contribution >= 4 is 29.9 Å². The molecule has 7 heteroatoms. The van der Waals surface area contributed by atoms with Gasteiger partial charge in [-0.3, -0.25) is 4.99 Å². The van der Waals surface area contributed by atoms with Crippen molar-refractivity contribution in [2.75, 3.05) is 33.4 Å². The van der Waals surface area contributed by atoms with E-state index in [0.717, 1.165) is 36.8 Å². The van der Waals surface area contributed by atoms with Crippen LogP contribution in [0.2, 0.25) is 0 Å². The van der Waals surface area contributed by atoms with Crippen LogP contribution in [0.5, 0.6) is 5.75 Å². The van der Waals surface area contributed by atoms with E-state index >= 15 is 0 Å². The first-order chi connectivity index (χ1) is 15.1. The molecule has 2 unspecified atom stereocenters. The molecule has 0 aromatic heterocycles. The van der Waals surface area contributed by atoms with Crippen molar-refractivity contribution in [3.8, 4) is 5.75 Å². The number of nitrogens with zero attached hydrogens (tertiary/aromatic N) is 1. The van der Waals surface area contributed by atoms with Crippen LogP contribution < -0.4 is 15.4 Å². The Labute approximate surface area is 209 Å². The van der Waals surface area contributed by atoms with Gasteiger partial charge in [-0.2, -0.15) is 0 Å². The van der Waals surface area contributed by atoms with E-state index in [2.05, 4.69) is 59.8 Å². The van der Waals surface area contributed by atoms with Gasteiger partial charge in [0, 0.05) is 32.1 Å². The lowest BCUT2D eigenvalue weighted by Gasteiger charge is -2.19. The molecule has 6 nitrogen and oxygen atoms in total. The zero-order valence-electron chi connectivity index (χ0n) is 19.3. The second-order valence-electron chi connectivity index (χ2n) is 8.13. The Morgan fingerprint density at radius 2 is 2.00 bits per heavy atom. The number of aryl methyl sites for hydroxylation is 1. The lowest BCUT2D eigenvalue weighted by molar-refractivity contribution is 0.0931. The Bertz CT molecular complexity index is 826. The van der Waals surface area contributed by atoms with Crippen LogP contribution in [0, 0.1) is 12.8 Å². The Morgan fingerprint density at radius 1 is 1.19 bits per heavy atom. The molecule has 2 N–H and O–H groups in total. The maximum absolute atomic E-state index is 6.19. The summed E-state index contributed by atoms with van der Waals surface area (Å²) < 4.78 is 17.5. The van der Waals surface area contributed by atoms with Gasteiger partial charge in [-0.25, -0.2) is 0 Å². The number of aliphatic imine (C=N–C) groups is 1. The van der Waals surface area contributed by atoms with E-state index in [4.69, 9.17) is 14.2 Å². The maximum Gasteiger partial charge on any atom is 0.191 e. The fourth-order valence-corrected chi connectivity index (χ4v) is 3.38. The summed E-state index contributed by atoms with van der Waals surface area (Å²) in [6.07, 6.45) is 1.07. The molecular formula is C25H36IN3O3. The number of guanidine groups is 1. The van der Waals surface area contributed by atoms with Crippen molar-refractivity contribution in [1.29, 1.82) is 0 Å². The van der Waals surface area contributed by atoms with E-state index in [-0.39, 0.29) is 30.1 Å². The van der Waals surface area contributed by atoms with Gasteiger partial charge in [-0.1, -0.05) is 49.4 Å². The smallest absolute Gasteiger partial charge is 0.191 e. The van der Waals surface area contributed by atoms with E-state index < -0.39 is 0 Å². The first kappa shape index (κ1) is 26.4. The summed E-state index contributed by atoms with van der Waals surface area (Å²) in [5.74, 6) is 2.05. The number of rotatable bonds is 10. The zero-order valence-corrected chi connectivity index (χ0v) is 21.6. The van der Waals surface area contributed by atoms with E-state index in [1.165, 1.54) is 11.1 Å². The molecule has 3 rings (SSSR count). The van der Waals surface area contributed by atoms with Gasteiger partial charge in [0.25, 0.3) is 0 Å². The third kappa shape index (κ3) is 8.96. The number of hydrogen-bond donors (Lipinski definition) is 2. The lowest BCUT2D eigenvalue weighted by Crippen LogP contribution is -2.39. The Balaban J connectivity index is 0.00000363. The number of halogens is 1. The first-order valence-electron chi connectivity index (χ1n) is 11.0. The predicted octanol–water partition coefficient (Wildman–Crippen LogP) is 4.30. The Kier molecular flexibility index (Phi) is 11.8. The fraction of sp³-hybridized carbons (Fsp3) is 0.480. The summed E-state index contributed by atoms with van der Waals surface area (Å²) in [7, 11) is 1.79. The minimum Gasteiger partial charge on any atom is -0.488 e. The highest BCUT2D eigenvalue weighted by molar-refractivity contribution is 14.0. The maximum atomic E-state index is 6.19. The summed E-state index contributed by atoms with van der Waals surface area (Å²) >= 11 is 0. The Morgan fingerprint density at radius 3 is 2.72 bits per heavy atom. The SMILES string of the molecule is CN=C(NCc1ccc(C)cc1OC1CCOC1)NCC(C)COCc1ccccc1.I. The quantitative estimate of drug-likeness (QED) is 0.261. The van der Waals surface area contributed by atoms with Gasteiger partial charge in [0.2, 0.25) is 0 Å². The molecule has 1 heterocycles. The molecule has 1 fully saturated rings. The van der Waals surface area contributed by atoms with E-state index in [1.54, 1.807) is 7.05 Å². The fourth-order valence-electron chi connectivity index (χ4n) is 3.38. The first-order valence-corrected chi connectivity index (χ1v) is 11.0. The summed E-state index contributed by atoms with van der Waals surface area (Å²) in [6, 6.07) is 16.6. The minimum atomic E-state index is 0. The molecule has 32 heavy (non-hydrogen) atoms. The summed E-state index contributed by atoms with van der Waals surface area (Å²) in [5.41, 5.74) is 3.49. The van der Waals surface area contributed by atoms with Crippen molar-refractivity contribution in [1.82, 2.24) is 10.6 Å². The molecular weight excluding hydrogens is 517 g/mol. The van der Waals surface area contributed by atoms with E-state index in [1.807, 2.05) is 18.2 Å². The molecule has 0 saturated carbocycles. The van der Waals surface area contributed by atoms with Crippen LogP contribution in [-0.4, -0.2) is 45.5 Å². The van der Waals surface area contributed by atoms with Gasteiger partial charge in [-0.15, -0.1) is 24.0 Å². The van der Waals surface area contributed by atoms with Gasteiger partial charge >= 0.3 is 0 Å². The van der Waals surface area contributed by atoms with Gasteiger partial charge in [0.1, 0.15) is 11.9 Å². The highest BCUT2D eigenvalue weighted by Crippen LogP contribution is 2.23. The van der Waals surface area contributed by atoms with Crippen LogP contribution in [0.3, 0.4) is 0 Å². The second-order valence-corrected chi connectivity index (χ2v) is 8.13. The van der Waals surface area contributed by atoms with Gasteiger partial charge in [0.15, 0.2) is 5.96 Å². The third-order valence-corrected chi connectivity index (χ3v) is 5.21. The number of ether oxygens (including phenoxy) is 3. The van der Waals surface area contributed by atoms with E-state index in [0.29, 0.717) is 32.3 Å². The van der Waals surface area contributed by atoms with Gasteiger partial charge in [0.05, 0.1) is 26.4 Å². The summed E-state index contributed by atoms with van der Waals surface area (Å²) in [6.45, 7) is 8.44. The van der Waals surface area contributed by atoms with Crippen molar-refractivity contribution in [2.45, 2.75) is 39.5 Å². The van der Waals surface area contributed by atoms with Crippen LogP contribution >= 0.6 is 24.0 Å².